The number of anilines is 1. The molecule has 1 heterocycles. The first-order chi connectivity index (χ1) is 7.65. The van der Waals surface area contributed by atoms with Crippen molar-refractivity contribution in [3.63, 3.8) is 0 Å². The summed E-state index contributed by atoms with van der Waals surface area (Å²) < 4.78 is 0. The van der Waals surface area contributed by atoms with E-state index in [9.17, 15) is 0 Å². The van der Waals surface area contributed by atoms with Gasteiger partial charge in [-0.3, -0.25) is 0 Å². The summed E-state index contributed by atoms with van der Waals surface area (Å²) in [5, 5.41) is 6.64. The lowest BCUT2D eigenvalue weighted by Crippen LogP contribution is -2.01. The Kier molecular flexibility index (Phi) is 3.25. The number of hydrogen-bond acceptors (Lipinski definition) is 3. The molecule has 0 bridgehead atoms. The van der Waals surface area contributed by atoms with Gasteiger partial charge in [0.2, 0.25) is 0 Å². The molecule has 1 aromatic heterocycles. The number of aryl methyl sites for hydroxylation is 3. The highest BCUT2D eigenvalue weighted by molar-refractivity contribution is 7.09. The minimum atomic E-state index is 0.800. The van der Waals surface area contributed by atoms with Gasteiger partial charge in [0.15, 0.2) is 0 Å². The molecule has 0 aliphatic rings. The molecule has 0 aliphatic heterocycles. The van der Waals surface area contributed by atoms with Gasteiger partial charge in [0, 0.05) is 11.1 Å². The van der Waals surface area contributed by atoms with Gasteiger partial charge in [-0.2, -0.15) is 0 Å². The van der Waals surface area contributed by atoms with Crippen LogP contribution < -0.4 is 5.32 Å². The third-order valence-corrected chi connectivity index (χ3v) is 3.33. The van der Waals surface area contributed by atoms with E-state index in [1.54, 1.807) is 11.3 Å². The van der Waals surface area contributed by atoms with Crippen LogP contribution >= 0.6 is 11.3 Å². The highest BCUT2D eigenvalue weighted by Gasteiger charge is 2.00. The van der Waals surface area contributed by atoms with E-state index < -0.39 is 0 Å². The molecule has 0 saturated heterocycles. The van der Waals surface area contributed by atoms with Crippen LogP contribution in [0.1, 0.15) is 21.8 Å². The zero-order valence-corrected chi connectivity index (χ0v) is 10.7. The van der Waals surface area contributed by atoms with Crippen LogP contribution in [0.25, 0.3) is 0 Å². The van der Waals surface area contributed by atoms with Crippen LogP contribution in [-0.4, -0.2) is 4.98 Å². The molecule has 0 unspecified atom stereocenters. The normalized spacial score (nSPS) is 10.4. The average molecular weight is 232 g/mol. The molecule has 2 aromatic rings. The van der Waals surface area contributed by atoms with Crippen LogP contribution in [0.2, 0.25) is 0 Å². The fraction of sp³-hybridized carbons (Fsp3) is 0.308. The number of benzene rings is 1. The molecule has 2 rings (SSSR count). The monoisotopic (exact) mass is 232 g/mol. The van der Waals surface area contributed by atoms with E-state index >= 15 is 0 Å². The summed E-state index contributed by atoms with van der Waals surface area (Å²) >= 11 is 1.70. The van der Waals surface area contributed by atoms with E-state index in [0.717, 1.165) is 17.2 Å². The maximum atomic E-state index is 4.43. The van der Waals surface area contributed by atoms with Gasteiger partial charge >= 0.3 is 0 Å². The SMILES string of the molecule is Cc1ccc(NCc2csc(C)n2)c(C)c1. The molecule has 16 heavy (non-hydrogen) atoms. The maximum absolute atomic E-state index is 4.43. The molecule has 0 spiro atoms. The van der Waals surface area contributed by atoms with Gasteiger partial charge in [-0.25, -0.2) is 4.98 Å². The van der Waals surface area contributed by atoms with Crippen LogP contribution in [0.15, 0.2) is 23.6 Å². The quantitative estimate of drug-likeness (QED) is 0.873. The van der Waals surface area contributed by atoms with Gasteiger partial charge < -0.3 is 5.32 Å². The molecular formula is C13H16N2S. The van der Waals surface area contributed by atoms with E-state index in [4.69, 9.17) is 0 Å². The van der Waals surface area contributed by atoms with Gasteiger partial charge in [0.1, 0.15) is 0 Å². The molecule has 1 aromatic carbocycles. The van der Waals surface area contributed by atoms with Crippen molar-refractivity contribution in [2.45, 2.75) is 27.3 Å². The number of rotatable bonds is 3. The Morgan fingerprint density at radius 2 is 2.06 bits per heavy atom. The van der Waals surface area contributed by atoms with Crippen LogP contribution in [0.4, 0.5) is 5.69 Å². The zero-order valence-electron chi connectivity index (χ0n) is 9.87. The standard InChI is InChI=1S/C13H16N2S/c1-9-4-5-13(10(2)6-9)14-7-12-8-16-11(3)15-12/h4-6,8,14H,7H2,1-3H3. The van der Waals surface area contributed by atoms with Crippen LogP contribution in [-0.2, 0) is 6.54 Å². The van der Waals surface area contributed by atoms with Crippen molar-refractivity contribution in [2.75, 3.05) is 5.32 Å². The average Bonchev–Trinajstić information content (AvgIpc) is 2.63. The molecule has 0 radical (unpaired) electrons. The highest BCUT2D eigenvalue weighted by atomic mass is 32.1. The number of aromatic nitrogens is 1. The first kappa shape index (κ1) is 11.1. The molecular weight excluding hydrogens is 216 g/mol. The zero-order chi connectivity index (χ0) is 11.5. The van der Waals surface area contributed by atoms with Gasteiger partial charge in [0.25, 0.3) is 0 Å². The Balaban J connectivity index is 2.04. The van der Waals surface area contributed by atoms with Gasteiger partial charge in [-0.05, 0) is 32.4 Å². The van der Waals surface area contributed by atoms with Crippen molar-refractivity contribution in [3.05, 3.63) is 45.4 Å². The second kappa shape index (κ2) is 4.66. The van der Waals surface area contributed by atoms with Crippen molar-refractivity contribution in [1.82, 2.24) is 4.98 Å². The minimum absolute atomic E-state index is 0.800. The predicted molar refractivity (Wildman–Crippen MR) is 70.1 cm³/mol. The Morgan fingerprint density at radius 1 is 1.25 bits per heavy atom. The lowest BCUT2D eigenvalue weighted by Gasteiger charge is -2.08. The fourth-order valence-electron chi connectivity index (χ4n) is 1.69. The van der Waals surface area contributed by atoms with E-state index in [-0.39, 0.29) is 0 Å². The third-order valence-electron chi connectivity index (χ3n) is 2.51. The van der Waals surface area contributed by atoms with Gasteiger partial charge in [-0.1, -0.05) is 17.7 Å². The lowest BCUT2D eigenvalue weighted by molar-refractivity contribution is 1.05. The first-order valence-electron chi connectivity index (χ1n) is 5.37. The van der Waals surface area contributed by atoms with E-state index in [2.05, 4.69) is 47.7 Å². The van der Waals surface area contributed by atoms with Crippen molar-refractivity contribution in [1.29, 1.82) is 0 Å². The number of nitrogens with one attached hydrogen (secondary N) is 1. The number of thiazole rings is 1. The topological polar surface area (TPSA) is 24.9 Å². The highest BCUT2D eigenvalue weighted by Crippen LogP contribution is 2.17. The van der Waals surface area contributed by atoms with Crippen LogP contribution in [0, 0.1) is 20.8 Å². The molecule has 3 heteroatoms. The van der Waals surface area contributed by atoms with Gasteiger partial charge in [-0.15, -0.1) is 11.3 Å². The lowest BCUT2D eigenvalue weighted by atomic mass is 10.1. The largest absolute Gasteiger partial charge is 0.379 e. The molecule has 0 saturated carbocycles. The van der Waals surface area contributed by atoms with Crippen LogP contribution in [0.5, 0.6) is 0 Å². The van der Waals surface area contributed by atoms with Crippen LogP contribution in [0.3, 0.4) is 0 Å². The predicted octanol–water partition coefficient (Wildman–Crippen LogP) is 3.68. The minimum Gasteiger partial charge on any atom is -0.379 e. The maximum Gasteiger partial charge on any atom is 0.0898 e. The van der Waals surface area contributed by atoms with Crippen molar-refractivity contribution in [2.24, 2.45) is 0 Å². The summed E-state index contributed by atoms with van der Waals surface area (Å²) in [4.78, 5) is 4.43. The molecule has 84 valence electrons. The van der Waals surface area contributed by atoms with Crippen molar-refractivity contribution in [3.8, 4) is 0 Å². The summed E-state index contributed by atoms with van der Waals surface area (Å²) in [6, 6.07) is 6.44. The van der Waals surface area contributed by atoms with E-state index in [0.29, 0.717) is 0 Å². The Morgan fingerprint density at radius 3 is 2.69 bits per heavy atom. The molecule has 0 fully saturated rings. The smallest absolute Gasteiger partial charge is 0.0898 e. The van der Waals surface area contributed by atoms with Crippen molar-refractivity contribution < 1.29 is 0 Å². The Labute approximate surface area is 100 Å². The van der Waals surface area contributed by atoms with E-state index in [1.165, 1.54) is 16.8 Å². The summed E-state index contributed by atoms with van der Waals surface area (Å²) in [6.07, 6.45) is 0. The Hall–Kier alpha value is -1.35. The molecule has 0 aliphatic carbocycles. The number of nitrogens with zero attached hydrogens (tertiary/aromatic N) is 1. The van der Waals surface area contributed by atoms with E-state index in [1.807, 2.05) is 6.92 Å². The molecule has 1 N–H and O–H groups in total. The van der Waals surface area contributed by atoms with Crippen molar-refractivity contribution >= 4 is 17.0 Å². The summed E-state index contributed by atoms with van der Waals surface area (Å²) in [7, 11) is 0. The third kappa shape index (κ3) is 2.61. The molecule has 0 atom stereocenters. The first-order valence-corrected chi connectivity index (χ1v) is 6.25. The Bertz CT molecular complexity index is 488. The second-order valence-electron chi connectivity index (χ2n) is 4.03. The number of hydrogen-bond donors (Lipinski definition) is 1. The van der Waals surface area contributed by atoms with Gasteiger partial charge in [0.05, 0.1) is 17.2 Å². The summed E-state index contributed by atoms with van der Waals surface area (Å²) in [5.74, 6) is 0. The summed E-state index contributed by atoms with van der Waals surface area (Å²) in [5.41, 5.74) is 4.89. The fourth-order valence-corrected chi connectivity index (χ4v) is 2.30. The summed E-state index contributed by atoms with van der Waals surface area (Å²) in [6.45, 7) is 7.07. The molecule has 2 nitrogen and oxygen atoms in total. The second-order valence-corrected chi connectivity index (χ2v) is 5.09. The molecule has 0 amide bonds.